The van der Waals surface area contributed by atoms with Crippen LogP contribution in [0.25, 0.3) is 0 Å². The van der Waals surface area contributed by atoms with Crippen LogP contribution in [0.4, 0.5) is 5.82 Å². The fraction of sp³-hybridized carbons (Fsp3) is 0.200. The molecule has 2 aromatic rings. The first kappa shape index (κ1) is 13.6. The number of anilines is 1. The van der Waals surface area contributed by atoms with Gasteiger partial charge in [-0.2, -0.15) is 5.10 Å². The van der Waals surface area contributed by atoms with E-state index < -0.39 is 15.9 Å². The summed E-state index contributed by atoms with van der Waals surface area (Å²) in [6.07, 6.45) is 0. The second-order valence-corrected chi connectivity index (χ2v) is 7.11. The van der Waals surface area contributed by atoms with Crippen molar-refractivity contribution in [3.8, 4) is 0 Å². The third-order valence-electron chi connectivity index (χ3n) is 2.49. The zero-order valence-electron chi connectivity index (χ0n) is 10.2. The zero-order chi connectivity index (χ0) is 14.2. The van der Waals surface area contributed by atoms with Gasteiger partial charge in [0.05, 0.1) is 0 Å². The average molecular weight is 300 g/mol. The van der Waals surface area contributed by atoms with Crippen molar-refractivity contribution in [1.29, 1.82) is 0 Å². The maximum Gasteiger partial charge on any atom is 0.272 e. The topological polar surface area (TPSA) is 118 Å². The fourth-order valence-electron chi connectivity index (χ4n) is 1.36. The molecular formula is C10H12N4O3S2. The number of H-pyrrole nitrogens is 1. The fourth-order valence-corrected chi connectivity index (χ4v) is 3.87. The number of aromatic amines is 1. The lowest BCUT2D eigenvalue weighted by molar-refractivity contribution is 0.0995. The van der Waals surface area contributed by atoms with E-state index in [-0.39, 0.29) is 15.7 Å². The van der Waals surface area contributed by atoms with Gasteiger partial charge in [0.1, 0.15) is 9.90 Å². The monoisotopic (exact) mass is 300 g/mol. The Morgan fingerprint density at radius 3 is 2.58 bits per heavy atom. The van der Waals surface area contributed by atoms with Crippen molar-refractivity contribution in [3.63, 3.8) is 0 Å². The average Bonchev–Trinajstić information content (AvgIpc) is 2.87. The van der Waals surface area contributed by atoms with Gasteiger partial charge in [0.25, 0.3) is 15.9 Å². The number of carbonyl (C=O) groups is 1. The van der Waals surface area contributed by atoms with Gasteiger partial charge in [-0.15, -0.1) is 11.3 Å². The van der Waals surface area contributed by atoms with Gasteiger partial charge in [-0.25, -0.2) is 8.42 Å². The predicted molar refractivity (Wildman–Crippen MR) is 71.7 cm³/mol. The smallest absolute Gasteiger partial charge is 0.272 e. The van der Waals surface area contributed by atoms with Crippen LogP contribution in [0.5, 0.6) is 0 Å². The highest BCUT2D eigenvalue weighted by Gasteiger charge is 2.19. The molecule has 0 aromatic carbocycles. The van der Waals surface area contributed by atoms with Crippen molar-refractivity contribution in [1.82, 2.24) is 10.2 Å². The van der Waals surface area contributed by atoms with Gasteiger partial charge in [-0.1, -0.05) is 0 Å². The molecule has 0 spiro atoms. The number of carbonyl (C=O) groups excluding carboxylic acids is 1. The minimum Gasteiger partial charge on any atom is -0.364 e. The van der Waals surface area contributed by atoms with Crippen LogP contribution in [-0.2, 0) is 10.0 Å². The SMILES string of the molecule is Cc1cc(S(=O)(=O)Nc2cc(C(N)=O)[nH]n2)sc1C. The minimum absolute atomic E-state index is 0.0255. The number of amides is 1. The summed E-state index contributed by atoms with van der Waals surface area (Å²) in [4.78, 5) is 11.8. The van der Waals surface area contributed by atoms with E-state index in [0.717, 1.165) is 10.4 Å². The highest BCUT2D eigenvalue weighted by Crippen LogP contribution is 2.26. The molecule has 7 nitrogen and oxygen atoms in total. The van der Waals surface area contributed by atoms with Crippen LogP contribution >= 0.6 is 11.3 Å². The number of aryl methyl sites for hydroxylation is 2. The van der Waals surface area contributed by atoms with E-state index >= 15 is 0 Å². The summed E-state index contributed by atoms with van der Waals surface area (Å²) in [5.41, 5.74) is 5.99. The van der Waals surface area contributed by atoms with Crippen molar-refractivity contribution in [2.45, 2.75) is 18.1 Å². The van der Waals surface area contributed by atoms with Crippen LogP contribution in [0.1, 0.15) is 20.9 Å². The van der Waals surface area contributed by atoms with Crippen LogP contribution in [-0.4, -0.2) is 24.5 Å². The van der Waals surface area contributed by atoms with Gasteiger partial charge < -0.3 is 5.73 Å². The number of nitrogens with one attached hydrogen (secondary N) is 2. The van der Waals surface area contributed by atoms with Crippen LogP contribution < -0.4 is 10.5 Å². The summed E-state index contributed by atoms with van der Waals surface area (Å²) in [6, 6.07) is 2.83. The van der Waals surface area contributed by atoms with Crippen molar-refractivity contribution in [3.05, 3.63) is 28.3 Å². The lowest BCUT2D eigenvalue weighted by atomic mass is 10.3. The van der Waals surface area contributed by atoms with Gasteiger partial charge in [-0.05, 0) is 25.5 Å². The second-order valence-electron chi connectivity index (χ2n) is 3.94. The Morgan fingerprint density at radius 2 is 2.11 bits per heavy atom. The standard InChI is InChI=1S/C10H12N4O3S2/c1-5-3-9(18-6(5)2)19(16,17)14-8-4-7(10(11)15)12-13-8/h3-4H,1-2H3,(H2,11,15)(H2,12,13,14). The molecule has 0 fully saturated rings. The summed E-state index contributed by atoms with van der Waals surface area (Å²) >= 11 is 1.17. The van der Waals surface area contributed by atoms with Gasteiger partial charge in [0.15, 0.2) is 5.82 Å². The van der Waals surface area contributed by atoms with Crippen molar-refractivity contribution in [2.75, 3.05) is 4.72 Å². The molecule has 102 valence electrons. The van der Waals surface area contributed by atoms with Crippen LogP contribution in [0.3, 0.4) is 0 Å². The summed E-state index contributed by atoms with van der Waals surface area (Å²) in [7, 11) is -3.69. The highest BCUT2D eigenvalue weighted by molar-refractivity contribution is 7.94. The first-order valence-corrected chi connectivity index (χ1v) is 7.54. The number of nitrogens with two attached hydrogens (primary N) is 1. The molecule has 9 heteroatoms. The Kier molecular flexibility index (Phi) is 3.33. The van der Waals surface area contributed by atoms with Crippen molar-refractivity contribution in [2.24, 2.45) is 5.73 Å². The second kappa shape index (κ2) is 4.67. The molecule has 2 rings (SSSR count). The Morgan fingerprint density at radius 1 is 1.42 bits per heavy atom. The molecule has 19 heavy (non-hydrogen) atoms. The van der Waals surface area contributed by atoms with Crippen LogP contribution in [0, 0.1) is 13.8 Å². The summed E-state index contributed by atoms with van der Waals surface area (Å²) in [5.74, 6) is -0.682. The van der Waals surface area contributed by atoms with Crippen LogP contribution in [0.2, 0.25) is 0 Å². The molecule has 0 saturated heterocycles. The summed E-state index contributed by atoms with van der Waals surface area (Å²) in [5, 5.41) is 6.01. The predicted octanol–water partition coefficient (Wildman–Crippen LogP) is 0.988. The highest BCUT2D eigenvalue weighted by atomic mass is 32.2. The lowest BCUT2D eigenvalue weighted by Gasteiger charge is -2.01. The number of nitrogens with zero attached hydrogens (tertiary/aromatic N) is 1. The molecule has 2 aromatic heterocycles. The van der Waals surface area contributed by atoms with E-state index in [2.05, 4.69) is 14.9 Å². The molecule has 0 atom stereocenters. The van der Waals surface area contributed by atoms with Crippen molar-refractivity contribution < 1.29 is 13.2 Å². The van der Waals surface area contributed by atoms with Gasteiger partial charge in [0, 0.05) is 10.9 Å². The maximum absolute atomic E-state index is 12.1. The third-order valence-corrected chi connectivity index (χ3v) is 5.47. The Hall–Kier alpha value is -1.87. The van der Waals surface area contributed by atoms with Gasteiger partial charge in [-0.3, -0.25) is 14.6 Å². The molecule has 0 aliphatic carbocycles. The molecule has 0 aliphatic rings. The van der Waals surface area contributed by atoms with Crippen molar-refractivity contribution >= 4 is 33.1 Å². The molecule has 0 bridgehead atoms. The molecule has 0 unspecified atom stereocenters. The zero-order valence-corrected chi connectivity index (χ0v) is 11.9. The third kappa shape index (κ3) is 2.76. The van der Waals surface area contributed by atoms with E-state index in [4.69, 9.17) is 5.73 Å². The molecule has 4 N–H and O–H groups in total. The van der Waals surface area contributed by atoms with Crippen LogP contribution in [0.15, 0.2) is 16.3 Å². The van der Waals surface area contributed by atoms with Gasteiger partial charge >= 0.3 is 0 Å². The lowest BCUT2D eigenvalue weighted by Crippen LogP contribution is -2.12. The first-order chi connectivity index (χ1) is 8.79. The molecule has 0 aliphatic heterocycles. The van der Waals surface area contributed by atoms with Gasteiger partial charge in [0.2, 0.25) is 0 Å². The van der Waals surface area contributed by atoms with E-state index in [9.17, 15) is 13.2 Å². The minimum atomic E-state index is -3.69. The number of sulfonamides is 1. The first-order valence-electron chi connectivity index (χ1n) is 5.24. The number of primary amides is 1. The van der Waals surface area contributed by atoms with E-state index in [1.807, 2.05) is 13.8 Å². The number of hydrogen-bond acceptors (Lipinski definition) is 5. The maximum atomic E-state index is 12.1. The molecular weight excluding hydrogens is 288 g/mol. The normalized spacial score (nSPS) is 11.5. The number of thiophene rings is 1. The van der Waals surface area contributed by atoms with E-state index in [1.54, 1.807) is 6.07 Å². The molecule has 0 radical (unpaired) electrons. The molecule has 1 amide bonds. The summed E-state index contributed by atoms with van der Waals surface area (Å²) in [6.45, 7) is 3.68. The quantitative estimate of drug-likeness (QED) is 0.780. The molecule has 0 saturated carbocycles. The summed E-state index contributed by atoms with van der Waals surface area (Å²) < 4.78 is 26.6. The Labute approximate surface area is 113 Å². The number of aromatic nitrogens is 2. The number of hydrogen-bond donors (Lipinski definition) is 3. The molecule has 2 heterocycles. The Balaban J connectivity index is 2.28. The largest absolute Gasteiger partial charge is 0.364 e. The Bertz CT molecular complexity index is 710. The number of rotatable bonds is 4. The van der Waals surface area contributed by atoms with E-state index in [0.29, 0.717) is 0 Å². The van der Waals surface area contributed by atoms with E-state index in [1.165, 1.54) is 17.4 Å².